The number of nitrogens with one attached hydrogen (secondary N) is 1. The Morgan fingerprint density at radius 2 is 1.86 bits per heavy atom. The van der Waals surface area contributed by atoms with E-state index in [0.717, 1.165) is 28.8 Å². The first-order chi connectivity index (χ1) is 13.5. The second-order valence-corrected chi connectivity index (χ2v) is 8.92. The predicted molar refractivity (Wildman–Crippen MR) is 103 cm³/mol. The average Bonchev–Trinajstić information content (AvgIpc) is 2.89. The summed E-state index contributed by atoms with van der Waals surface area (Å²) in [6.45, 7) is 6.87. The fourth-order valence-corrected chi connectivity index (χ4v) is 5.50. The number of aliphatic imine (C=N–C) groups is 1. The molecule has 0 aromatic heterocycles. The summed E-state index contributed by atoms with van der Waals surface area (Å²) in [7, 11) is 2.53. The maximum atomic E-state index is 13.7. The number of hydrogen-bond acceptors (Lipinski definition) is 7. The van der Waals surface area contributed by atoms with Gasteiger partial charge in [0.25, 0.3) is 11.8 Å². The summed E-state index contributed by atoms with van der Waals surface area (Å²) in [5.74, 6) is -3.35. The average molecular weight is 425 g/mol. The zero-order valence-electron chi connectivity index (χ0n) is 16.2. The first-order valence-electron chi connectivity index (χ1n) is 8.50. The Kier molecular flexibility index (Phi) is 4.98. The predicted octanol–water partition coefficient (Wildman–Crippen LogP) is 1.12. The molecule has 1 aromatic carbocycles. The number of thioether (sulfide) groups is 1. The Morgan fingerprint density at radius 3 is 2.31 bits per heavy atom. The number of fused-ring (bicyclic) bond motifs is 1. The minimum atomic E-state index is -1.36. The van der Waals surface area contributed by atoms with E-state index in [1.165, 1.54) is 14.2 Å². The molecule has 0 saturated carbocycles. The van der Waals surface area contributed by atoms with Crippen molar-refractivity contribution in [2.24, 2.45) is 4.99 Å². The van der Waals surface area contributed by atoms with Crippen molar-refractivity contribution in [3.05, 3.63) is 23.5 Å². The number of amides is 2. The van der Waals surface area contributed by atoms with E-state index in [1.807, 2.05) is 0 Å². The van der Waals surface area contributed by atoms with Crippen LogP contribution in [0.15, 0.2) is 17.1 Å². The SMILES string of the molecule is C=N[C@]12SC(C)(C)[C@H](C(=O)O)N1C(=O)[C@H]2NC(=O)c1c(OC)cc(F)cc1OC. The van der Waals surface area contributed by atoms with Crippen LogP contribution in [0.4, 0.5) is 4.39 Å². The molecule has 0 aliphatic carbocycles. The van der Waals surface area contributed by atoms with Gasteiger partial charge in [0, 0.05) is 16.9 Å². The van der Waals surface area contributed by atoms with Crippen LogP contribution in [0.1, 0.15) is 24.2 Å². The second-order valence-electron chi connectivity index (χ2n) is 7.06. The van der Waals surface area contributed by atoms with E-state index in [-0.39, 0.29) is 17.1 Å². The van der Waals surface area contributed by atoms with Crippen LogP contribution in [0.2, 0.25) is 0 Å². The summed E-state index contributed by atoms with van der Waals surface area (Å²) < 4.78 is 23.0. The van der Waals surface area contributed by atoms with Gasteiger partial charge in [0.15, 0.2) is 6.04 Å². The van der Waals surface area contributed by atoms with Crippen molar-refractivity contribution in [2.75, 3.05) is 14.2 Å². The Bertz CT molecular complexity index is 898. The molecule has 0 radical (unpaired) electrons. The van der Waals surface area contributed by atoms with E-state index in [9.17, 15) is 23.9 Å². The molecule has 156 valence electrons. The third-order valence-corrected chi connectivity index (χ3v) is 6.58. The molecular weight excluding hydrogens is 405 g/mol. The Morgan fingerprint density at radius 1 is 1.31 bits per heavy atom. The summed E-state index contributed by atoms with van der Waals surface area (Å²) in [5.41, 5.74) is -0.0982. The number of rotatable bonds is 6. The van der Waals surface area contributed by atoms with Gasteiger partial charge in [0.2, 0.25) is 4.99 Å². The molecule has 29 heavy (non-hydrogen) atoms. The van der Waals surface area contributed by atoms with Crippen molar-refractivity contribution in [2.45, 2.75) is 35.7 Å². The minimum absolute atomic E-state index is 0.0774. The number of aliphatic carboxylic acids is 1. The van der Waals surface area contributed by atoms with Gasteiger partial charge < -0.3 is 19.9 Å². The summed E-state index contributed by atoms with van der Waals surface area (Å²) in [6, 6.07) is -0.252. The number of benzene rings is 1. The second kappa shape index (κ2) is 6.90. The molecule has 3 atom stereocenters. The highest BCUT2D eigenvalue weighted by Crippen LogP contribution is 2.59. The summed E-state index contributed by atoms with van der Waals surface area (Å²) in [4.78, 5) is 41.2. The smallest absolute Gasteiger partial charge is 0.327 e. The molecule has 2 N–H and O–H groups in total. The first-order valence-corrected chi connectivity index (χ1v) is 9.32. The molecule has 11 heteroatoms. The Balaban J connectivity index is 1.97. The standard InChI is InChI=1S/C18H20FN3O6S/c1-17(2)13(16(25)26)22-15(24)12(18(22,20-3)29-17)21-14(23)11-9(27-4)6-8(19)7-10(11)28-5/h6-7,12-13H,3H2,1-2,4-5H3,(H,21,23)(H,25,26)/t12-,13+,18+/m1/s1. The number of ether oxygens (including phenoxy) is 2. The molecule has 3 rings (SSSR count). The highest BCUT2D eigenvalue weighted by atomic mass is 32.2. The zero-order valence-corrected chi connectivity index (χ0v) is 17.0. The van der Waals surface area contributed by atoms with Gasteiger partial charge >= 0.3 is 5.97 Å². The molecule has 1 aromatic rings. The van der Waals surface area contributed by atoms with Crippen molar-refractivity contribution in [3.8, 4) is 11.5 Å². The molecule has 2 saturated heterocycles. The highest BCUT2D eigenvalue weighted by Gasteiger charge is 2.73. The molecule has 2 aliphatic rings. The number of methoxy groups -OCH3 is 2. The first kappa shape index (κ1) is 20.9. The lowest BCUT2D eigenvalue weighted by molar-refractivity contribution is -0.166. The van der Waals surface area contributed by atoms with Crippen molar-refractivity contribution in [1.29, 1.82) is 0 Å². The van der Waals surface area contributed by atoms with E-state index in [1.54, 1.807) is 13.8 Å². The van der Waals surface area contributed by atoms with Gasteiger partial charge in [-0.1, -0.05) is 11.8 Å². The molecule has 2 amide bonds. The molecule has 2 heterocycles. The van der Waals surface area contributed by atoms with Crippen LogP contribution in [-0.4, -0.2) is 70.6 Å². The van der Waals surface area contributed by atoms with E-state index >= 15 is 0 Å². The molecule has 0 spiro atoms. The van der Waals surface area contributed by atoms with Gasteiger partial charge in [-0.05, 0) is 20.6 Å². The monoisotopic (exact) mass is 425 g/mol. The largest absolute Gasteiger partial charge is 0.496 e. The third kappa shape index (κ3) is 2.91. The van der Waals surface area contributed by atoms with E-state index in [2.05, 4.69) is 17.0 Å². The number of carbonyl (C=O) groups is 3. The van der Waals surface area contributed by atoms with Crippen LogP contribution < -0.4 is 14.8 Å². The van der Waals surface area contributed by atoms with Crippen LogP contribution >= 0.6 is 11.8 Å². The molecule has 0 unspecified atom stereocenters. The van der Waals surface area contributed by atoms with Gasteiger partial charge in [-0.3, -0.25) is 19.5 Å². The topological polar surface area (TPSA) is 118 Å². The molecule has 2 aliphatic heterocycles. The maximum absolute atomic E-state index is 13.7. The number of nitrogens with zero attached hydrogens (tertiary/aromatic N) is 2. The molecular formula is C18H20FN3O6S. The van der Waals surface area contributed by atoms with Crippen LogP contribution in [0.25, 0.3) is 0 Å². The van der Waals surface area contributed by atoms with Crippen LogP contribution in [0, 0.1) is 5.82 Å². The van der Waals surface area contributed by atoms with E-state index < -0.39 is 45.4 Å². The van der Waals surface area contributed by atoms with Crippen molar-refractivity contribution in [3.63, 3.8) is 0 Å². The van der Waals surface area contributed by atoms with Crippen LogP contribution in [-0.2, 0) is 9.59 Å². The lowest BCUT2D eigenvalue weighted by atomic mass is 9.93. The molecule has 9 nitrogen and oxygen atoms in total. The van der Waals surface area contributed by atoms with Gasteiger partial charge in [0.1, 0.15) is 28.9 Å². The van der Waals surface area contributed by atoms with Crippen molar-refractivity contribution < 1.29 is 33.4 Å². The number of β-lactam (4-membered cyclic amide) rings is 1. The van der Waals surface area contributed by atoms with E-state index in [4.69, 9.17) is 9.47 Å². The van der Waals surface area contributed by atoms with Crippen LogP contribution in [0.3, 0.4) is 0 Å². The number of carboxylic acid groups (broad SMARTS) is 1. The van der Waals surface area contributed by atoms with Crippen LogP contribution in [0.5, 0.6) is 11.5 Å². The summed E-state index contributed by atoms with van der Waals surface area (Å²) >= 11 is 1.13. The highest BCUT2D eigenvalue weighted by molar-refractivity contribution is 8.02. The third-order valence-electron chi connectivity index (χ3n) is 4.97. The fourth-order valence-electron chi connectivity index (χ4n) is 3.78. The minimum Gasteiger partial charge on any atom is -0.496 e. The number of halogens is 1. The van der Waals surface area contributed by atoms with Crippen molar-refractivity contribution >= 4 is 36.3 Å². The van der Waals surface area contributed by atoms with Crippen molar-refractivity contribution in [1.82, 2.24) is 10.2 Å². The summed E-state index contributed by atoms with van der Waals surface area (Å²) in [6.07, 6.45) is 0. The summed E-state index contributed by atoms with van der Waals surface area (Å²) in [5, 5.41) is 12.1. The number of hydrogen-bond donors (Lipinski definition) is 2. The lowest BCUT2D eigenvalue weighted by Crippen LogP contribution is -2.77. The lowest BCUT2D eigenvalue weighted by Gasteiger charge is -2.50. The van der Waals surface area contributed by atoms with E-state index in [0.29, 0.717) is 0 Å². The van der Waals surface area contributed by atoms with Gasteiger partial charge in [0.05, 0.1) is 14.2 Å². The zero-order chi connectivity index (χ0) is 21.7. The Hall–Kier alpha value is -2.82. The molecule has 2 fully saturated rings. The quantitative estimate of drug-likeness (QED) is 0.518. The van der Waals surface area contributed by atoms with Gasteiger partial charge in [-0.25, -0.2) is 9.18 Å². The normalized spacial score (nSPS) is 26.9. The fraction of sp³-hybridized carbons (Fsp3) is 0.444. The maximum Gasteiger partial charge on any atom is 0.327 e. The van der Waals surface area contributed by atoms with Gasteiger partial charge in [-0.2, -0.15) is 0 Å². The molecule has 0 bridgehead atoms. The Labute approximate surface area is 170 Å². The number of carboxylic acids is 1. The van der Waals surface area contributed by atoms with Gasteiger partial charge in [-0.15, -0.1) is 0 Å². The number of carbonyl (C=O) groups excluding carboxylic acids is 2.